The van der Waals surface area contributed by atoms with Crippen LogP contribution < -0.4 is 0 Å². The maximum absolute atomic E-state index is 9.02. The van der Waals surface area contributed by atoms with E-state index in [0.29, 0.717) is 26.6 Å². The summed E-state index contributed by atoms with van der Waals surface area (Å²) in [6.07, 6.45) is 0. The zero-order chi connectivity index (χ0) is 8.16. The Balaban J connectivity index is 2.42. The van der Waals surface area contributed by atoms with Gasteiger partial charge in [-0.2, -0.15) is 0 Å². The highest BCUT2D eigenvalue weighted by molar-refractivity contribution is 7.09. The first-order chi connectivity index (χ1) is 5.33. The summed E-state index contributed by atoms with van der Waals surface area (Å²) in [6, 6.07) is 0. The van der Waals surface area contributed by atoms with Crippen LogP contribution in [0, 0.1) is 5.41 Å². The lowest BCUT2D eigenvalue weighted by atomic mass is 9.92. The van der Waals surface area contributed by atoms with Crippen LogP contribution in [0.2, 0.25) is 0 Å². The van der Waals surface area contributed by atoms with E-state index >= 15 is 0 Å². The van der Waals surface area contributed by atoms with E-state index in [0.717, 1.165) is 0 Å². The van der Waals surface area contributed by atoms with Gasteiger partial charge in [0.2, 0.25) is 0 Å². The molecule has 0 aromatic carbocycles. The zero-order valence-corrected chi connectivity index (χ0v) is 7.44. The molecule has 4 nitrogen and oxygen atoms in total. The maximum Gasteiger partial charge on any atom is 0.146 e. The number of rotatable bonds is 3. The Morgan fingerprint density at radius 2 is 2.09 bits per heavy atom. The average Bonchev–Trinajstić information content (AvgIpc) is 2.07. The molecule has 1 atom stereocenters. The van der Waals surface area contributed by atoms with Crippen LogP contribution in [-0.2, 0) is 14.0 Å². The molecule has 5 heteroatoms. The summed E-state index contributed by atoms with van der Waals surface area (Å²) in [6.45, 7) is 1.78. The van der Waals surface area contributed by atoms with Gasteiger partial charge in [-0.1, -0.05) is 0 Å². The van der Waals surface area contributed by atoms with Crippen LogP contribution >= 0.6 is 9.47 Å². The third-order valence-corrected chi connectivity index (χ3v) is 1.87. The van der Waals surface area contributed by atoms with Gasteiger partial charge in [0.15, 0.2) is 0 Å². The van der Waals surface area contributed by atoms with Crippen molar-refractivity contribution in [3.05, 3.63) is 0 Å². The van der Waals surface area contributed by atoms with Gasteiger partial charge in [0, 0.05) is 9.47 Å². The molecule has 0 aromatic heterocycles. The minimum absolute atomic E-state index is 0.0292. The fraction of sp³-hybridized carbons (Fsp3) is 1.00. The van der Waals surface area contributed by atoms with Crippen molar-refractivity contribution in [2.75, 3.05) is 33.2 Å². The van der Waals surface area contributed by atoms with E-state index in [1.807, 2.05) is 0 Å². The minimum Gasteiger partial charge on any atom is -0.396 e. The lowest BCUT2D eigenvalue weighted by molar-refractivity contribution is -0.183. The third-order valence-electron chi connectivity index (χ3n) is 1.71. The first-order valence-electron chi connectivity index (χ1n) is 3.41. The van der Waals surface area contributed by atoms with Gasteiger partial charge in [0.1, 0.15) is 6.79 Å². The van der Waals surface area contributed by atoms with Crippen LogP contribution in [-0.4, -0.2) is 38.3 Å². The average molecular weight is 180 g/mol. The second-order valence-electron chi connectivity index (χ2n) is 2.78. The monoisotopic (exact) mass is 180 g/mol. The van der Waals surface area contributed by atoms with Crippen LogP contribution in [0.1, 0.15) is 0 Å². The fourth-order valence-electron chi connectivity index (χ4n) is 1.01. The van der Waals surface area contributed by atoms with E-state index < -0.39 is 0 Å². The normalized spacial score (nSPS) is 23.5. The Hall–Kier alpha value is 0.270. The van der Waals surface area contributed by atoms with Gasteiger partial charge in [-0.25, -0.2) is 0 Å². The molecule has 0 bridgehead atoms. The van der Waals surface area contributed by atoms with Crippen LogP contribution in [0.4, 0.5) is 0 Å². The van der Waals surface area contributed by atoms with Gasteiger partial charge in [0.25, 0.3) is 0 Å². The molecule has 1 aliphatic rings. The molecule has 0 amide bonds. The summed E-state index contributed by atoms with van der Waals surface area (Å²) < 4.78 is 15.0. The highest BCUT2D eigenvalue weighted by Gasteiger charge is 2.33. The van der Waals surface area contributed by atoms with E-state index in [4.69, 9.17) is 19.1 Å². The molecule has 1 N–H and O–H groups in total. The molecule has 66 valence electrons. The Bertz CT molecular complexity index is 108. The molecular weight excluding hydrogens is 167 g/mol. The fourth-order valence-corrected chi connectivity index (χ4v) is 1.37. The molecular formula is C6H13O4P. The molecule has 1 saturated heterocycles. The molecule has 0 aliphatic carbocycles. The predicted octanol–water partition coefficient (Wildman–Crippen LogP) is -0.224. The Kier molecular flexibility index (Phi) is 3.69. The van der Waals surface area contributed by atoms with Crippen molar-refractivity contribution in [2.24, 2.45) is 5.41 Å². The van der Waals surface area contributed by atoms with E-state index in [9.17, 15) is 0 Å². The minimum atomic E-state index is -0.361. The molecule has 1 aliphatic heterocycles. The Labute approximate surface area is 68.1 Å². The van der Waals surface area contributed by atoms with Gasteiger partial charge in [0.05, 0.1) is 31.8 Å². The number of aliphatic hydroxyl groups excluding tert-OH is 1. The van der Waals surface area contributed by atoms with Crippen LogP contribution in [0.5, 0.6) is 0 Å². The molecule has 0 radical (unpaired) electrons. The van der Waals surface area contributed by atoms with Crippen molar-refractivity contribution < 1.29 is 19.1 Å². The van der Waals surface area contributed by atoms with Gasteiger partial charge < -0.3 is 19.1 Å². The molecule has 1 heterocycles. The van der Waals surface area contributed by atoms with Crippen molar-refractivity contribution in [3.8, 4) is 0 Å². The number of hydrogen-bond donors (Lipinski definition) is 1. The van der Waals surface area contributed by atoms with Crippen LogP contribution in [0.3, 0.4) is 0 Å². The smallest absolute Gasteiger partial charge is 0.146 e. The Morgan fingerprint density at radius 3 is 2.55 bits per heavy atom. The van der Waals surface area contributed by atoms with Crippen molar-refractivity contribution in [1.82, 2.24) is 0 Å². The van der Waals surface area contributed by atoms with Crippen molar-refractivity contribution in [2.45, 2.75) is 0 Å². The summed E-state index contributed by atoms with van der Waals surface area (Å²) in [5, 5.41) is 9.02. The largest absolute Gasteiger partial charge is 0.396 e. The predicted molar refractivity (Wildman–Crippen MR) is 42.0 cm³/mol. The molecule has 1 fully saturated rings. The summed E-state index contributed by atoms with van der Waals surface area (Å²) in [5.41, 5.74) is -0.361. The molecule has 0 spiro atoms. The summed E-state index contributed by atoms with van der Waals surface area (Å²) >= 11 is 0. The standard InChI is InChI=1S/C6H13O4P/c7-1-6(4-10-11)2-8-5-9-3-6/h7H,1-5,11H2. The van der Waals surface area contributed by atoms with Crippen molar-refractivity contribution in [1.29, 1.82) is 0 Å². The number of aliphatic hydroxyl groups is 1. The Morgan fingerprint density at radius 1 is 1.45 bits per heavy atom. The second-order valence-corrected chi connectivity index (χ2v) is 3.12. The lowest BCUT2D eigenvalue weighted by Gasteiger charge is -2.33. The summed E-state index contributed by atoms with van der Waals surface area (Å²) in [5.74, 6) is 0. The van der Waals surface area contributed by atoms with Gasteiger partial charge >= 0.3 is 0 Å². The van der Waals surface area contributed by atoms with Crippen LogP contribution in [0.25, 0.3) is 0 Å². The van der Waals surface area contributed by atoms with Crippen molar-refractivity contribution >= 4 is 9.47 Å². The van der Waals surface area contributed by atoms with Gasteiger partial charge in [-0.3, -0.25) is 0 Å². The molecule has 11 heavy (non-hydrogen) atoms. The maximum atomic E-state index is 9.02. The van der Waals surface area contributed by atoms with E-state index in [1.165, 1.54) is 0 Å². The topological polar surface area (TPSA) is 47.9 Å². The van der Waals surface area contributed by atoms with Crippen LogP contribution in [0.15, 0.2) is 0 Å². The number of ether oxygens (including phenoxy) is 2. The lowest BCUT2D eigenvalue weighted by Crippen LogP contribution is -2.43. The third kappa shape index (κ3) is 2.36. The van der Waals surface area contributed by atoms with E-state index in [2.05, 4.69) is 9.47 Å². The zero-order valence-electron chi connectivity index (χ0n) is 6.28. The highest BCUT2D eigenvalue weighted by atomic mass is 31.0. The first kappa shape index (κ1) is 9.36. The van der Waals surface area contributed by atoms with Crippen molar-refractivity contribution in [3.63, 3.8) is 0 Å². The molecule has 0 saturated carbocycles. The second kappa shape index (κ2) is 4.33. The summed E-state index contributed by atoms with van der Waals surface area (Å²) in [4.78, 5) is 0. The first-order valence-corrected chi connectivity index (χ1v) is 3.88. The molecule has 1 unspecified atom stereocenters. The quantitative estimate of drug-likeness (QED) is 0.610. The molecule has 1 rings (SSSR count). The van der Waals surface area contributed by atoms with Gasteiger partial charge in [-0.15, -0.1) is 0 Å². The SMILES string of the molecule is OCC1(COP)COCOC1. The van der Waals surface area contributed by atoms with E-state index in [-0.39, 0.29) is 12.0 Å². The highest BCUT2D eigenvalue weighted by Crippen LogP contribution is 2.22. The van der Waals surface area contributed by atoms with E-state index in [1.54, 1.807) is 0 Å². The molecule has 0 aromatic rings. The van der Waals surface area contributed by atoms with Gasteiger partial charge in [-0.05, 0) is 0 Å². The number of hydrogen-bond acceptors (Lipinski definition) is 4. The summed E-state index contributed by atoms with van der Waals surface area (Å²) in [7, 11) is 2.15.